The van der Waals surface area contributed by atoms with E-state index in [2.05, 4.69) is 4.98 Å². The molecule has 0 bridgehead atoms. The smallest absolute Gasteiger partial charge is 0.337 e. The lowest BCUT2D eigenvalue weighted by molar-refractivity contribution is 0.0600. The number of hydrogen-bond acceptors (Lipinski definition) is 4. The largest absolute Gasteiger partial charge is 0.465 e. The molecular formula is C23H21NO3. The summed E-state index contributed by atoms with van der Waals surface area (Å²) in [6.45, 7) is 0. The standard InChI is InChI=1S/C23H21NO3/c1-27-23(26)20-13-10-17(11-14-20)9-12-18-8-5-15-24-21(18)16-22(25)19-6-3-2-4-7-19/h2-15,22,25H,16H2,1H3. The van der Waals surface area contributed by atoms with E-state index in [-0.39, 0.29) is 5.97 Å². The summed E-state index contributed by atoms with van der Waals surface area (Å²) in [5.41, 5.74) is 4.13. The van der Waals surface area contributed by atoms with Gasteiger partial charge in [-0.3, -0.25) is 4.98 Å². The van der Waals surface area contributed by atoms with Gasteiger partial charge in [0.25, 0.3) is 0 Å². The summed E-state index contributed by atoms with van der Waals surface area (Å²) in [6.07, 6.45) is 5.48. The van der Waals surface area contributed by atoms with Crippen LogP contribution in [0.1, 0.15) is 38.8 Å². The second-order valence-corrected chi connectivity index (χ2v) is 6.12. The fourth-order valence-electron chi connectivity index (χ4n) is 2.78. The Hall–Kier alpha value is -3.24. The maximum Gasteiger partial charge on any atom is 0.337 e. The van der Waals surface area contributed by atoms with Crippen LogP contribution in [0.5, 0.6) is 0 Å². The lowest BCUT2D eigenvalue weighted by Crippen LogP contribution is -2.04. The monoisotopic (exact) mass is 359 g/mol. The highest BCUT2D eigenvalue weighted by Crippen LogP contribution is 2.20. The van der Waals surface area contributed by atoms with E-state index in [9.17, 15) is 9.90 Å². The number of aliphatic hydroxyl groups is 1. The molecule has 1 heterocycles. The SMILES string of the molecule is COC(=O)c1ccc(C=Cc2cccnc2CC(O)c2ccccc2)cc1. The van der Waals surface area contributed by atoms with E-state index < -0.39 is 6.10 Å². The molecule has 1 unspecified atom stereocenters. The Bertz CT molecular complexity index is 918. The summed E-state index contributed by atoms with van der Waals surface area (Å²) >= 11 is 0. The first-order valence-corrected chi connectivity index (χ1v) is 8.71. The molecule has 0 aliphatic rings. The van der Waals surface area contributed by atoms with Crippen molar-refractivity contribution in [1.82, 2.24) is 4.98 Å². The Morgan fingerprint density at radius 3 is 2.48 bits per heavy atom. The Balaban J connectivity index is 1.76. The number of nitrogens with zero attached hydrogens (tertiary/aromatic N) is 1. The number of benzene rings is 2. The molecule has 0 spiro atoms. The fourth-order valence-corrected chi connectivity index (χ4v) is 2.78. The molecule has 27 heavy (non-hydrogen) atoms. The maximum absolute atomic E-state index is 11.5. The van der Waals surface area contributed by atoms with Crippen LogP contribution in [0.3, 0.4) is 0 Å². The summed E-state index contributed by atoms with van der Waals surface area (Å²) in [5, 5.41) is 10.5. The third kappa shape index (κ3) is 4.90. The summed E-state index contributed by atoms with van der Waals surface area (Å²) < 4.78 is 4.71. The third-order valence-electron chi connectivity index (χ3n) is 4.28. The zero-order valence-corrected chi connectivity index (χ0v) is 15.1. The van der Waals surface area contributed by atoms with Gasteiger partial charge in [-0.25, -0.2) is 4.79 Å². The van der Waals surface area contributed by atoms with Crippen molar-refractivity contribution < 1.29 is 14.6 Å². The second kappa shape index (κ2) is 8.92. The molecule has 4 heteroatoms. The molecular weight excluding hydrogens is 338 g/mol. The van der Waals surface area contributed by atoms with E-state index in [1.165, 1.54) is 7.11 Å². The molecule has 0 amide bonds. The molecule has 3 rings (SSSR count). The van der Waals surface area contributed by atoms with Crippen molar-refractivity contribution in [2.45, 2.75) is 12.5 Å². The van der Waals surface area contributed by atoms with Gasteiger partial charge in [-0.1, -0.05) is 60.7 Å². The highest BCUT2D eigenvalue weighted by Gasteiger charge is 2.11. The molecule has 0 aliphatic heterocycles. The van der Waals surface area contributed by atoms with E-state index in [4.69, 9.17) is 4.74 Å². The van der Waals surface area contributed by atoms with E-state index in [1.54, 1.807) is 18.3 Å². The molecule has 0 saturated carbocycles. The predicted octanol–water partition coefficient (Wildman–Crippen LogP) is 4.31. The van der Waals surface area contributed by atoms with Crippen LogP contribution < -0.4 is 0 Å². The minimum atomic E-state index is -0.604. The van der Waals surface area contributed by atoms with Gasteiger partial charge in [-0.2, -0.15) is 0 Å². The predicted molar refractivity (Wildman–Crippen MR) is 106 cm³/mol. The zero-order valence-electron chi connectivity index (χ0n) is 15.1. The van der Waals surface area contributed by atoms with Gasteiger partial charge in [0.2, 0.25) is 0 Å². The number of rotatable bonds is 6. The fraction of sp³-hybridized carbons (Fsp3) is 0.130. The van der Waals surface area contributed by atoms with Gasteiger partial charge in [-0.05, 0) is 34.9 Å². The average molecular weight is 359 g/mol. The molecule has 1 N–H and O–H groups in total. The Kier molecular flexibility index (Phi) is 6.13. The average Bonchev–Trinajstić information content (AvgIpc) is 2.73. The van der Waals surface area contributed by atoms with Crippen LogP contribution in [0.15, 0.2) is 72.9 Å². The number of aliphatic hydroxyl groups excluding tert-OH is 1. The molecule has 1 aromatic heterocycles. The van der Waals surface area contributed by atoms with Crippen LogP contribution in [-0.2, 0) is 11.2 Å². The van der Waals surface area contributed by atoms with Crippen molar-refractivity contribution in [2.24, 2.45) is 0 Å². The first-order valence-electron chi connectivity index (χ1n) is 8.71. The topological polar surface area (TPSA) is 59.4 Å². The van der Waals surface area contributed by atoms with E-state index in [0.29, 0.717) is 12.0 Å². The molecule has 0 aliphatic carbocycles. The van der Waals surface area contributed by atoms with Gasteiger partial charge >= 0.3 is 5.97 Å². The van der Waals surface area contributed by atoms with Crippen LogP contribution in [-0.4, -0.2) is 23.2 Å². The lowest BCUT2D eigenvalue weighted by Gasteiger charge is -2.12. The molecule has 2 aromatic carbocycles. The number of carbonyl (C=O) groups excluding carboxylic acids is 1. The number of methoxy groups -OCH3 is 1. The molecule has 0 saturated heterocycles. The highest BCUT2D eigenvalue weighted by molar-refractivity contribution is 5.89. The zero-order chi connectivity index (χ0) is 19.1. The van der Waals surface area contributed by atoms with Crippen LogP contribution >= 0.6 is 0 Å². The van der Waals surface area contributed by atoms with Gasteiger partial charge in [0, 0.05) is 12.6 Å². The number of carbonyl (C=O) groups is 1. The van der Waals surface area contributed by atoms with Crippen molar-refractivity contribution in [1.29, 1.82) is 0 Å². The summed E-state index contributed by atoms with van der Waals surface area (Å²) in [5.74, 6) is -0.352. The number of ether oxygens (including phenoxy) is 1. The maximum atomic E-state index is 11.5. The van der Waals surface area contributed by atoms with Gasteiger partial charge in [0.1, 0.15) is 0 Å². The highest BCUT2D eigenvalue weighted by atomic mass is 16.5. The first-order chi connectivity index (χ1) is 13.2. The minimum Gasteiger partial charge on any atom is -0.465 e. The van der Waals surface area contributed by atoms with Crippen molar-refractivity contribution in [2.75, 3.05) is 7.11 Å². The first kappa shape index (κ1) is 18.5. The van der Waals surface area contributed by atoms with Gasteiger partial charge in [-0.15, -0.1) is 0 Å². The second-order valence-electron chi connectivity index (χ2n) is 6.12. The van der Waals surface area contributed by atoms with Gasteiger partial charge in [0.05, 0.1) is 24.5 Å². The minimum absolute atomic E-state index is 0.352. The Morgan fingerprint density at radius 1 is 1.04 bits per heavy atom. The van der Waals surface area contributed by atoms with Gasteiger partial charge in [0.15, 0.2) is 0 Å². The van der Waals surface area contributed by atoms with Crippen molar-refractivity contribution in [3.63, 3.8) is 0 Å². The number of esters is 1. The summed E-state index contributed by atoms with van der Waals surface area (Å²) in [7, 11) is 1.37. The molecule has 136 valence electrons. The Labute approximate surface area is 158 Å². The Morgan fingerprint density at radius 2 is 1.78 bits per heavy atom. The molecule has 0 fully saturated rings. The van der Waals surface area contributed by atoms with E-state index in [1.807, 2.05) is 66.7 Å². The molecule has 0 radical (unpaired) electrons. The van der Waals surface area contributed by atoms with Gasteiger partial charge < -0.3 is 9.84 Å². The molecule has 3 aromatic rings. The van der Waals surface area contributed by atoms with Crippen molar-refractivity contribution in [3.05, 3.63) is 101 Å². The van der Waals surface area contributed by atoms with Crippen LogP contribution in [0, 0.1) is 0 Å². The number of pyridine rings is 1. The van der Waals surface area contributed by atoms with Crippen LogP contribution in [0.4, 0.5) is 0 Å². The van der Waals surface area contributed by atoms with E-state index in [0.717, 1.165) is 22.4 Å². The van der Waals surface area contributed by atoms with E-state index >= 15 is 0 Å². The third-order valence-corrected chi connectivity index (χ3v) is 4.28. The van der Waals surface area contributed by atoms with Crippen LogP contribution in [0.2, 0.25) is 0 Å². The summed E-state index contributed by atoms with van der Waals surface area (Å²) in [6, 6.07) is 20.6. The van der Waals surface area contributed by atoms with Crippen molar-refractivity contribution >= 4 is 18.1 Å². The lowest BCUT2D eigenvalue weighted by atomic mass is 10.0. The van der Waals surface area contributed by atoms with Crippen LogP contribution in [0.25, 0.3) is 12.2 Å². The molecule has 1 atom stereocenters. The summed E-state index contributed by atoms with van der Waals surface area (Å²) in [4.78, 5) is 15.9. The molecule has 4 nitrogen and oxygen atoms in total. The number of hydrogen-bond donors (Lipinski definition) is 1. The normalized spacial score (nSPS) is 12.1. The number of aromatic nitrogens is 1. The quantitative estimate of drug-likeness (QED) is 0.666. The van der Waals surface area contributed by atoms with Crippen molar-refractivity contribution in [3.8, 4) is 0 Å².